The molecule has 2 aromatic carbocycles. The van der Waals surface area contributed by atoms with E-state index in [4.69, 9.17) is 0 Å². The Labute approximate surface area is 131 Å². The molecular formula is C12H7BrN5O4+. The zero-order valence-corrected chi connectivity index (χ0v) is 12.4. The fourth-order valence-corrected chi connectivity index (χ4v) is 2.25. The SMILES string of the molecule is N#[N+]N(c1ccccc1Br)c1ccc([N+](=O)[O-])cc1[N+](=O)[O-]. The van der Waals surface area contributed by atoms with E-state index in [1.807, 2.05) is 0 Å². The zero-order chi connectivity index (χ0) is 16.3. The second-order valence-corrected chi connectivity index (χ2v) is 4.89. The molecule has 0 heterocycles. The van der Waals surface area contributed by atoms with Crippen LogP contribution in [0.1, 0.15) is 0 Å². The predicted molar refractivity (Wildman–Crippen MR) is 81.1 cm³/mol. The van der Waals surface area contributed by atoms with Crippen LogP contribution < -0.4 is 5.01 Å². The number of nitrogens with zero attached hydrogens (tertiary/aromatic N) is 5. The van der Waals surface area contributed by atoms with Crippen molar-refractivity contribution in [3.63, 3.8) is 0 Å². The monoisotopic (exact) mass is 364 g/mol. The smallest absolute Gasteiger partial charge is 0.258 e. The topological polar surface area (TPSA) is 118 Å². The van der Waals surface area contributed by atoms with Gasteiger partial charge >= 0.3 is 10.8 Å². The van der Waals surface area contributed by atoms with Crippen molar-refractivity contribution in [1.82, 2.24) is 0 Å². The van der Waals surface area contributed by atoms with Crippen molar-refractivity contribution >= 4 is 38.7 Å². The fraction of sp³-hybridized carbons (Fsp3) is 0. The first kappa shape index (κ1) is 15.3. The fourth-order valence-electron chi connectivity index (χ4n) is 1.80. The third-order valence-electron chi connectivity index (χ3n) is 2.76. The van der Waals surface area contributed by atoms with E-state index in [0.29, 0.717) is 10.2 Å². The van der Waals surface area contributed by atoms with Crippen molar-refractivity contribution < 1.29 is 9.85 Å². The summed E-state index contributed by atoms with van der Waals surface area (Å²) in [4.78, 5) is 20.4. The molecule has 0 aliphatic heterocycles. The average Bonchev–Trinajstić information content (AvgIpc) is 2.49. The molecule has 0 aliphatic carbocycles. The van der Waals surface area contributed by atoms with E-state index in [-0.39, 0.29) is 5.69 Å². The van der Waals surface area contributed by atoms with Crippen LogP contribution >= 0.6 is 15.9 Å². The van der Waals surface area contributed by atoms with Gasteiger partial charge < -0.3 is 0 Å². The maximum atomic E-state index is 11.2. The molecule has 0 amide bonds. The van der Waals surface area contributed by atoms with Gasteiger partial charge in [-0.25, -0.2) is 0 Å². The molecule has 0 unspecified atom stereocenters. The second-order valence-electron chi connectivity index (χ2n) is 4.04. The van der Waals surface area contributed by atoms with E-state index in [0.717, 1.165) is 23.2 Å². The third kappa shape index (κ3) is 2.84. The Morgan fingerprint density at radius 2 is 1.73 bits per heavy atom. The maximum Gasteiger partial charge on any atom is 0.316 e. The number of diazo groups is 1. The first-order chi connectivity index (χ1) is 10.5. The molecule has 0 aliphatic rings. The number of anilines is 2. The van der Waals surface area contributed by atoms with Gasteiger partial charge in [-0.05, 0) is 34.1 Å². The highest BCUT2D eigenvalue weighted by molar-refractivity contribution is 9.10. The lowest BCUT2D eigenvalue weighted by molar-refractivity contribution is -0.393. The van der Waals surface area contributed by atoms with Crippen molar-refractivity contribution in [2.45, 2.75) is 0 Å². The van der Waals surface area contributed by atoms with Gasteiger partial charge in [-0.15, -0.1) is 0 Å². The van der Waals surface area contributed by atoms with Crippen LogP contribution in [0.4, 0.5) is 22.7 Å². The Balaban J connectivity index is 2.64. The first-order valence-corrected chi connectivity index (χ1v) is 6.57. The molecule has 2 aromatic rings. The highest BCUT2D eigenvalue weighted by Gasteiger charge is 2.32. The van der Waals surface area contributed by atoms with Gasteiger partial charge in [0.25, 0.3) is 11.1 Å². The maximum absolute atomic E-state index is 11.2. The summed E-state index contributed by atoms with van der Waals surface area (Å²) in [6.07, 6.45) is 0. The van der Waals surface area contributed by atoms with Crippen molar-refractivity contribution in [2.24, 2.45) is 0 Å². The number of hydrogen-bond acceptors (Lipinski definition) is 6. The number of para-hydroxylation sites is 1. The third-order valence-corrected chi connectivity index (χ3v) is 3.44. The number of non-ortho nitro benzene ring substituents is 1. The van der Waals surface area contributed by atoms with E-state index < -0.39 is 21.2 Å². The molecule has 10 heteroatoms. The van der Waals surface area contributed by atoms with Crippen molar-refractivity contribution in [1.29, 1.82) is 5.39 Å². The van der Waals surface area contributed by atoms with Crippen LogP contribution in [0.2, 0.25) is 0 Å². The zero-order valence-electron chi connectivity index (χ0n) is 10.8. The van der Waals surface area contributed by atoms with Gasteiger partial charge in [-0.3, -0.25) is 20.2 Å². The molecule has 0 fully saturated rings. The van der Waals surface area contributed by atoms with Crippen molar-refractivity contribution in [3.05, 3.63) is 72.3 Å². The second kappa shape index (κ2) is 6.15. The predicted octanol–water partition coefficient (Wildman–Crippen LogP) is 4.17. The van der Waals surface area contributed by atoms with Crippen LogP contribution in [-0.4, -0.2) is 9.85 Å². The summed E-state index contributed by atoms with van der Waals surface area (Å²) >= 11 is 3.24. The average molecular weight is 365 g/mol. The van der Waals surface area contributed by atoms with Crippen LogP contribution in [-0.2, 0) is 0 Å². The lowest BCUT2D eigenvalue weighted by Crippen LogP contribution is -2.09. The van der Waals surface area contributed by atoms with Crippen LogP contribution in [0, 0.1) is 25.6 Å². The molecule has 0 saturated heterocycles. The Kier molecular flexibility index (Phi) is 4.28. The summed E-state index contributed by atoms with van der Waals surface area (Å²) in [5.41, 5.74) is -0.754. The largest absolute Gasteiger partial charge is 0.316 e. The Morgan fingerprint density at radius 1 is 1.05 bits per heavy atom. The van der Waals surface area contributed by atoms with E-state index in [9.17, 15) is 25.6 Å². The van der Waals surface area contributed by atoms with Gasteiger partial charge in [-0.2, -0.15) is 0 Å². The van der Waals surface area contributed by atoms with Crippen LogP contribution in [0.3, 0.4) is 0 Å². The molecule has 0 N–H and O–H groups in total. The number of benzene rings is 2. The molecule has 0 spiro atoms. The summed E-state index contributed by atoms with van der Waals surface area (Å²) in [6, 6.07) is 9.64. The molecule has 0 atom stereocenters. The molecule has 22 heavy (non-hydrogen) atoms. The molecule has 0 saturated carbocycles. The molecule has 0 aromatic heterocycles. The van der Waals surface area contributed by atoms with Gasteiger partial charge in [0.15, 0.2) is 0 Å². The van der Waals surface area contributed by atoms with Crippen LogP contribution in [0.5, 0.6) is 0 Å². The molecule has 2 rings (SSSR count). The molecule has 9 nitrogen and oxygen atoms in total. The molecule has 0 radical (unpaired) electrons. The Bertz CT molecular complexity index is 804. The summed E-state index contributed by atoms with van der Waals surface area (Å²) < 4.78 is 0.528. The highest BCUT2D eigenvalue weighted by atomic mass is 79.9. The Hall–Kier alpha value is -3.06. The first-order valence-electron chi connectivity index (χ1n) is 5.78. The normalized spacial score (nSPS) is 9.82. The van der Waals surface area contributed by atoms with Gasteiger partial charge in [0.2, 0.25) is 5.69 Å². The Morgan fingerprint density at radius 3 is 2.27 bits per heavy atom. The number of nitro groups is 2. The molecule has 110 valence electrons. The minimum atomic E-state index is -0.780. The standard InChI is InChI=1S/C12H7BrN5O4/c13-9-3-1-2-4-10(9)16(15-14)11-6-5-8(17(19)20)7-12(11)18(21)22/h1-7H/q+1. The lowest BCUT2D eigenvalue weighted by atomic mass is 10.2. The van der Waals surface area contributed by atoms with E-state index >= 15 is 0 Å². The van der Waals surface area contributed by atoms with Crippen LogP contribution in [0.15, 0.2) is 46.9 Å². The quantitative estimate of drug-likeness (QED) is 0.456. The van der Waals surface area contributed by atoms with Gasteiger partial charge in [0, 0.05) is 15.5 Å². The van der Waals surface area contributed by atoms with E-state index in [2.05, 4.69) is 21.0 Å². The lowest BCUT2D eigenvalue weighted by Gasteiger charge is -2.06. The summed E-state index contributed by atoms with van der Waals surface area (Å²) in [6.45, 7) is 0. The summed E-state index contributed by atoms with van der Waals surface area (Å²) in [5.74, 6) is 0. The number of nitro benzene ring substituents is 2. The van der Waals surface area contributed by atoms with Gasteiger partial charge in [0.1, 0.15) is 5.69 Å². The van der Waals surface area contributed by atoms with E-state index in [1.54, 1.807) is 24.3 Å². The van der Waals surface area contributed by atoms with Gasteiger partial charge in [-0.1, -0.05) is 12.1 Å². The number of rotatable bonds is 4. The van der Waals surface area contributed by atoms with Crippen molar-refractivity contribution in [2.75, 3.05) is 5.01 Å². The highest BCUT2D eigenvalue weighted by Crippen LogP contribution is 2.39. The van der Waals surface area contributed by atoms with E-state index in [1.165, 1.54) is 0 Å². The number of halogens is 1. The summed E-state index contributed by atoms with van der Waals surface area (Å²) in [7, 11) is 0. The summed E-state index contributed by atoms with van der Waals surface area (Å²) in [5, 5.41) is 35.1. The minimum Gasteiger partial charge on any atom is -0.258 e. The minimum absolute atomic E-state index is 0.106. The molecule has 0 bridgehead atoms. The number of hydrogen-bond donors (Lipinski definition) is 0. The van der Waals surface area contributed by atoms with Gasteiger partial charge in [0.05, 0.1) is 15.9 Å². The molecular weight excluding hydrogens is 358 g/mol. The van der Waals surface area contributed by atoms with Crippen molar-refractivity contribution in [3.8, 4) is 0 Å². The van der Waals surface area contributed by atoms with Crippen LogP contribution in [0.25, 0.3) is 5.08 Å².